The standard InChI is InChI=1S/C31H35N5O3/c1-22-11-14-24(15-12-22)26-19-27(36(34-26)29-32-17-8-18-33-29)28-20-35(30(37)39-31(2,3)4)25(21-38-28)16-13-23-9-6-5-7-10-23/h5-12,14-15,17-19,25,28H,13,16,20-21H2,1-4H3. The fourth-order valence-electron chi connectivity index (χ4n) is 4.69. The van der Waals surface area contributed by atoms with Crippen LogP contribution in [-0.4, -0.2) is 55.5 Å². The lowest BCUT2D eigenvalue weighted by atomic mass is 10.0. The first-order valence-electron chi connectivity index (χ1n) is 13.4. The number of aryl methyl sites for hydroxylation is 2. The number of hydrogen-bond acceptors (Lipinski definition) is 6. The fraction of sp³-hybridized carbons (Fsp3) is 0.355. The van der Waals surface area contributed by atoms with E-state index in [0.717, 1.165) is 29.8 Å². The van der Waals surface area contributed by atoms with Crippen LogP contribution in [0.15, 0.2) is 79.1 Å². The van der Waals surface area contributed by atoms with Gasteiger partial charge in [0.25, 0.3) is 5.95 Å². The van der Waals surface area contributed by atoms with E-state index < -0.39 is 11.7 Å². The van der Waals surface area contributed by atoms with E-state index in [0.29, 0.717) is 19.1 Å². The SMILES string of the molecule is Cc1ccc(-c2cc(C3CN(C(=O)OC(C)(C)C)C(CCc4ccccc4)CO3)n(-c3ncccn3)n2)cc1. The minimum absolute atomic E-state index is 0.114. The van der Waals surface area contributed by atoms with Gasteiger partial charge in [0, 0.05) is 18.0 Å². The van der Waals surface area contributed by atoms with Crippen LogP contribution >= 0.6 is 0 Å². The van der Waals surface area contributed by atoms with Gasteiger partial charge in [-0.3, -0.25) is 4.90 Å². The Kier molecular flexibility index (Phi) is 7.74. The third-order valence-corrected chi connectivity index (χ3v) is 6.69. The minimum Gasteiger partial charge on any atom is -0.444 e. The average Bonchev–Trinajstić information content (AvgIpc) is 3.38. The summed E-state index contributed by atoms with van der Waals surface area (Å²) in [6, 6.07) is 22.2. The molecule has 1 aliphatic rings. The molecule has 1 saturated heterocycles. The van der Waals surface area contributed by atoms with E-state index in [1.165, 1.54) is 11.1 Å². The third kappa shape index (κ3) is 6.52. The van der Waals surface area contributed by atoms with E-state index in [9.17, 15) is 4.79 Å². The largest absolute Gasteiger partial charge is 0.444 e. The van der Waals surface area contributed by atoms with Crippen LogP contribution in [0.5, 0.6) is 0 Å². The van der Waals surface area contributed by atoms with Gasteiger partial charge in [-0.05, 0) is 58.2 Å². The summed E-state index contributed by atoms with van der Waals surface area (Å²) < 4.78 is 14.0. The average molecular weight is 526 g/mol. The first-order chi connectivity index (χ1) is 18.8. The Balaban J connectivity index is 1.45. The van der Waals surface area contributed by atoms with Crippen molar-refractivity contribution in [3.05, 3.63) is 95.9 Å². The monoisotopic (exact) mass is 525 g/mol. The number of amides is 1. The van der Waals surface area contributed by atoms with Crippen LogP contribution in [0.2, 0.25) is 0 Å². The summed E-state index contributed by atoms with van der Waals surface area (Å²) in [5.74, 6) is 0.449. The number of ether oxygens (including phenoxy) is 2. The number of carbonyl (C=O) groups is 1. The smallest absolute Gasteiger partial charge is 0.410 e. The first kappa shape index (κ1) is 26.6. The first-order valence-corrected chi connectivity index (χ1v) is 13.4. The molecule has 0 aliphatic carbocycles. The lowest BCUT2D eigenvalue weighted by Crippen LogP contribution is -2.51. The summed E-state index contributed by atoms with van der Waals surface area (Å²) in [6.07, 6.45) is 4.22. The maximum atomic E-state index is 13.4. The van der Waals surface area contributed by atoms with Gasteiger partial charge in [0.1, 0.15) is 11.7 Å². The zero-order chi connectivity index (χ0) is 27.4. The molecule has 0 N–H and O–H groups in total. The molecule has 0 bridgehead atoms. The summed E-state index contributed by atoms with van der Waals surface area (Å²) in [6.45, 7) is 8.44. The van der Waals surface area contributed by atoms with Crippen molar-refractivity contribution in [2.45, 2.75) is 58.3 Å². The van der Waals surface area contributed by atoms with Gasteiger partial charge >= 0.3 is 6.09 Å². The highest BCUT2D eigenvalue weighted by Crippen LogP contribution is 2.32. The molecule has 1 fully saturated rings. The normalized spacial score (nSPS) is 17.7. The molecule has 1 aliphatic heterocycles. The van der Waals surface area contributed by atoms with Crippen molar-refractivity contribution < 1.29 is 14.3 Å². The topological polar surface area (TPSA) is 82.4 Å². The van der Waals surface area contributed by atoms with E-state index >= 15 is 0 Å². The minimum atomic E-state index is -0.604. The van der Waals surface area contributed by atoms with Crippen molar-refractivity contribution in [3.8, 4) is 17.2 Å². The van der Waals surface area contributed by atoms with Crippen molar-refractivity contribution in [1.29, 1.82) is 0 Å². The summed E-state index contributed by atoms with van der Waals surface area (Å²) in [4.78, 5) is 24.1. The maximum absolute atomic E-state index is 13.4. The summed E-state index contributed by atoms with van der Waals surface area (Å²) in [5.41, 5.74) is 4.35. The lowest BCUT2D eigenvalue weighted by Gasteiger charge is -2.40. The summed E-state index contributed by atoms with van der Waals surface area (Å²) in [7, 11) is 0. The molecule has 8 heteroatoms. The zero-order valence-corrected chi connectivity index (χ0v) is 22.9. The van der Waals surface area contributed by atoms with Crippen molar-refractivity contribution >= 4 is 6.09 Å². The molecular weight excluding hydrogens is 490 g/mol. The lowest BCUT2D eigenvalue weighted by molar-refractivity contribution is -0.0748. The van der Waals surface area contributed by atoms with E-state index in [1.807, 2.05) is 62.1 Å². The summed E-state index contributed by atoms with van der Waals surface area (Å²) >= 11 is 0. The van der Waals surface area contributed by atoms with Crippen molar-refractivity contribution in [2.75, 3.05) is 13.2 Å². The van der Waals surface area contributed by atoms with Crippen LogP contribution in [0.4, 0.5) is 4.79 Å². The van der Waals surface area contributed by atoms with Gasteiger partial charge in [-0.1, -0.05) is 60.2 Å². The van der Waals surface area contributed by atoms with E-state index in [1.54, 1.807) is 23.1 Å². The third-order valence-electron chi connectivity index (χ3n) is 6.69. The molecule has 1 amide bonds. The molecule has 2 unspecified atom stereocenters. The molecular formula is C31H35N5O3. The van der Waals surface area contributed by atoms with E-state index in [4.69, 9.17) is 14.6 Å². The van der Waals surface area contributed by atoms with Crippen LogP contribution in [0.3, 0.4) is 0 Å². The molecule has 0 spiro atoms. The highest BCUT2D eigenvalue weighted by molar-refractivity contribution is 5.69. The highest BCUT2D eigenvalue weighted by atomic mass is 16.6. The quantitative estimate of drug-likeness (QED) is 0.310. The molecule has 2 aromatic carbocycles. The number of carbonyl (C=O) groups excluding carboxylic acids is 1. The van der Waals surface area contributed by atoms with Gasteiger partial charge in [-0.2, -0.15) is 9.78 Å². The van der Waals surface area contributed by atoms with Gasteiger partial charge in [0.05, 0.1) is 30.6 Å². The second-order valence-corrected chi connectivity index (χ2v) is 10.9. The van der Waals surface area contributed by atoms with E-state index in [2.05, 4.69) is 41.2 Å². The molecule has 202 valence electrons. The predicted octanol–water partition coefficient (Wildman–Crippen LogP) is 5.95. The van der Waals surface area contributed by atoms with E-state index in [-0.39, 0.29) is 12.1 Å². The Bertz CT molecular complexity index is 1380. The number of hydrogen-bond donors (Lipinski definition) is 0. The molecule has 2 aromatic heterocycles. The Hall–Kier alpha value is -4.04. The van der Waals surface area contributed by atoms with Gasteiger partial charge in [0.2, 0.25) is 0 Å². The number of aromatic nitrogens is 4. The number of benzene rings is 2. The van der Waals surface area contributed by atoms with Gasteiger partial charge < -0.3 is 9.47 Å². The fourth-order valence-corrected chi connectivity index (χ4v) is 4.69. The molecule has 0 saturated carbocycles. The Morgan fingerprint density at radius 3 is 2.44 bits per heavy atom. The molecule has 5 rings (SSSR count). The second-order valence-electron chi connectivity index (χ2n) is 10.9. The second kappa shape index (κ2) is 11.4. The van der Waals surface area contributed by atoms with Crippen LogP contribution < -0.4 is 0 Å². The molecule has 8 nitrogen and oxygen atoms in total. The molecule has 0 radical (unpaired) electrons. The predicted molar refractivity (Wildman–Crippen MR) is 150 cm³/mol. The Labute approximate surface area is 229 Å². The van der Waals surface area contributed by atoms with Crippen LogP contribution in [0, 0.1) is 6.92 Å². The zero-order valence-electron chi connectivity index (χ0n) is 22.9. The Morgan fingerprint density at radius 2 is 1.74 bits per heavy atom. The van der Waals surface area contributed by atoms with Crippen molar-refractivity contribution in [2.24, 2.45) is 0 Å². The molecule has 39 heavy (non-hydrogen) atoms. The van der Waals surface area contributed by atoms with Gasteiger partial charge in [-0.25, -0.2) is 14.8 Å². The van der Waals surface area contributed by atoms with Crippen LogP contribution in [-0.2, 0) is 15.9 Å². The van der Waals surface area contributed by atoms with Gasteiger partial charge in [-0.15, -0.1) is 0 Å². The maximum Gasteiger partial charge on any atom is 0.410 e. The van der Waals surface area contributed by atoms with Crippen molar-refractivity contribution in [3.63, 3.8) is 0 Å². The molecule has 2 atom stereocenters. The number of morpholine rings is 1. The highest BCUT2D eigenvalue weighted by Gasteiger charge is 2.37. The van der Waals surface area contributed by atoms with Gasteiger partial charge in [0.15, 0.2) is 0 Å². The summed E-state index contributed by atoms with van der Waals surface area (Å²) in [5, 5.41) is 4.86. The molecule has 3 heterocycles. The number of nitrogens with zero attached hydrogens (tertiary/aromatic N) is 5. The van der Waals surface area contributed by atoms with Crippen molar-refractivity contribution in [1.82, 2.24) is 24.6 Å². The Morgan fingerprint density at radius 1 is 1.03 bits per heavy atom. The molecule has 4 aromatic rings. The van der Waals surface area contributed by atoms with Crippen LogP contribution in [0.1, 0.15) is 50.1 Å². The number of rotatable bonds is 6. The van der Waals surface area contributed by atoms with Crippen LogP contribution in [0.25, 0.3) is 17.2 Å².